The van der Waals surface area contributed by atoms with Gasteiger partial charge in [-0.15, -0.1) is 0 Å². The predicted molar refractivity (Wildman–Crippen MR) is 127 cm³/mol. The summed E-state index contributed by atoms with van der Waals surface area (Å²) in [6.07, 6.45) is 7.40. The number of anilines is 3. The zero-order chi connectivity index (χ0) is 22.8. The molecule has 3 aromatic rings. The molecule has 0 spiro atoms. The second kappa shape index (κ2) is 9.33. The van der Waals surface area contributed by atoms with Crippen molar-refractivity contribution in [2.45, 2.75) is 12.8 Å². The van der Waals surface area contributed by atoms with Gasteiger partial charge in [-0.1, -0.05) is 23.7 Å². The van der Waals surface area contributed by atoms with Crippen LogP contribution >= 0.6 is 11.6 Å². The minimum Gasteiger partial charge on any atom is -0.489 e. The van der Waals surface area contributed by atoms with Gasteiger partial charge in [0.1, 0.15) is 18.8 Å². The Morgan fingerprint density at radius 1 is 1.27 bits per heavy atom. The molecule has 0 atom stereocenters. The highest BCUT2D eigenvalue weighted by atomic mass is 35.5. The number of carbonyl (C=O) groups is 1. The first-order chi connectivity index (χ1) is 16.1. The number of aromatic nitrogens is 2. The van der Waals surface area contributed by atoms with E-state index in [2.05, 4.69) is 20.6 Å². The third-order valence-corrected chi connectivity index (χ3v) is 6.00. The molecule has 0 saturated heterocycles. The van der Waals surface area contributed by atoms with E-state index in [1.54, 1.807) is 29.2 Å². The lowest BCUT2D eigenvalue weighted by Gasteiger charge is -2.30. The largest absolute Gasteiger partial charge is 0.489 e. The second-order valence-corrected chi connectivity index (χ2v) is 8.51. The van der Waals surface area contributed by atoms with Crippen molar-refractivity contribution in [2.24, 2.45) is 5.92 Å². The quantitative estimate of drug-likeness (QED) is 0.395. The highest BCUT2D eigenvalue weighted by Gasteiger charge is 2.26. The van der Waals surface area contributed by atoms with Crippen molar-refractivity contribution in [1.29, 1.82) is 0 Å². The Bertz CT molecular complexity index is 1230. The van der Waals surface area contributed by atoms with Gasteiger partial charge in [-0.05, 0) is 49.6 Å². The second-order valence-electron chi connectivity index (χ2n) is 8.10. The molecule has 2 aromatic carbocycles. The molecule has 1 fully saturated rings. The van der Waals surface area contributed by atoms with Crippen LogP contribution in [-0.2, 0) is 4.79 Å². The van der Waals surface area contributed by atoms with Crippen molar-refractivity contribution in [3.05, 3.63) is 59.7 Å². The van der Waals surface area contributed by atoms with Gasteiger partial charge in [-0.2, -0.15) is 0 Å². The number of rotatable bonds is 7. The SMILES string of the molecule is O=C(/C=C/CNCC1CC1)N1CCOc2c1ccc1ncnc(Nc3cccc(Cl)c3F)c21. The van der Waals surface area contributed by atoms with Crippen LogP contribution < -0.4 is 20.3 Å². The smallest absolute Gasteiger partial charge is 0.250 e. The van der Waals surface area contributed by atoms with Crippen molar-refractivity contribution in [2.75, 3.05) is 36.5 Å². The summed E-state index contributed by atoms with van der Waals surface area (Å²) in [6.45, 7) is 2.40. The molecule has 5 rings (SSSR count). The fourth-order valence-electron chi connectivity index (χ4n) is 3.82. The van der Waals surface area contributed by atoms with Crippen LogP contribution in [-0.4, -0.2) is 42.1 Å². The summed E-state index contributed by atoms with van der Waals surface area (Å²) in [5.74, 6) is 0.942. The maximum absolute atomic E-state index is 14.5. The molecule has 2 heterocycles. The fraction of sp³-hybridized carbons (Fsp3) is 0.292. The van der Waals surface area contributed by atoms with Crippen molar-refractivity contribution >= 4 is 45.6 Å². The van der Waals surface area contributed by atoms with Gasteiger partial charge in [0.05, 0.1) is 33.8 Å². The number of hydrogen-bond acceptors (Lipinski definition) is 6. The number of fused-ring (bicyclic) bond motifs is 3. The van der Waals surface area contributed by atoms with E-state index in [0.717, 1.165) is 12.5 Å². The van der Waals surface area contributed by atoms with Crippen LogP contribution in [0.25, 0.3) is 10.9 Å². The van der Waals surface area contributed by atoms with Gasteiger partial charge in [-0.3, -0.25) is 4.79 Å². The molecule has 0 unspecified atom stereocenters. The van der Waals surface area contributed by atoms with Crippen LogP contribution in [0.4, 0.5) is 21.6 Å². The van der Waals surface area contributed by atoms with E-state index in [-0.39, 0.29) is 16.6 Å². The summed E-state index contributed by atoms with van der Waals surface area (Å²) in [7, 11) is 0. The van der Waals surface area contributed by atoms with Crippen LogP contribution in [0.3, 0.4) is 0 Å². The number of ether oxygens (including phenoxy) is 1. The zero-order valence-corrected chi connectivity index (χ0v) is 18.6. The summed E-state index contributed by atoms with van der Waals surface area (Å²) >= 11 is 5.92. The predicted octanol–water partition coefficient (Wildman–Crippen LogP) is 4.45. The minimum absolute atomic E-state index is 0.00632. The molecule has 1 aromatic heterocycles. The average molecular weight is 468 g/mol. The molecule has 9 heteroatoms. The molecule has 2 aliphatic rings. The Balaban J connectivity index is 1.43. The van der Waals surface area contributed by atoms with Crippen molar-refractivity contribution in [1.82, 2.24) is 15.3 Å². The molecule has 33 heavy (non-hydrogen) atoms. The summed E-state index contributed by atoms with van der Waals surface area (Å²) in [5, 5.41) is 6.92. The molecule has 1 saturated carbocycles. The molecular weight excluding hydrogens is 445 g/mol. The van der Waals surface area contributed by atoms with Gasteiger partial charge in [0.25, 0.3) is 5.91 Å². The van der Waals surface area contributed by atoms with E-state index < -0.39 is 5.82 Å². The first-order valence-corrected chi connectivity index (χ1v) is 11.3. The third-order valence-electron chi connectivity index (χ3n) is 5.71. The van der Waals surface area contributed by atoms with Crippen LogP contribution in [0.2, 0.25) is 5.02 Å². The molecule has 1 aliphatic heterocycles. The lowest BCUT2D eigenvalue weighted by molar-refractivity contribution is -0.114. The number of benzene rings is 2. The molecular formula is C24H23ClFN5O2. The van der Waals surface area contributed by atoms with Crippen molar-refractivity contribution < 1.29 is 13.9 Å². The molecule has 7 nitrogen and oxygen atoms in total. The topological polar surface area (TPSA) is 79.4 Å². The Morgan fingerprint density at radius 2 is 2.15 bits per heavy atom. The maximum atomic E-state index is 14.5. The Morgan fingerprint density at radius 3 is 3.00 bits per heavy atom. The summed E-state index contributed by atoms with van der Waals surface area (Å²) < 4.78 is 20.4. The van der Waals surface area contributed by atoms with Gasteiger partial charge in [0.2, 0.25) is 0 Å². The normalized spacial score (nSPS) is 15.5. The highest BCUT2D eigenvalue weighted by Crippen LogP contribution is 2.41. The van der Waals surface area contributed by atoms with Crippen LogP contribution in [0.5, 0.6) is 5.75 Å². The average Bonchev–Trinajstić information content (AvgIpc) is 3.65. The molecule has 2 N–H and O–H groups in total. The standard InChI is InChI=1S/C24H23ClFN5O2/c25-16-3-1-4-18(22(16)26)30-24-21-17(28-14-29-24)8-9-19-23(21)33-12-11-31(19)20(32)5-2-10-27-13-15-6-7-15/h1-5,8-9,14-15,27H,6-7,10-13H2,(H,28,29,30)/b5-2+. The molecule has 1 amide bonds. The first-order valence-electron chi connectivity index (χ1n) is 10.9. The monoisotopic (exact) mass is 467 g/mol. The van der Waals surface area contributed by atoms with Gasteiger partial charge < -0.3 is 20.3 Å². The van der Waals surface area contributed by atoms with Gasteiger partial charge in [0.15, 0.2) is 11.6 Å². The van der Waals surface area contributed by atoms with E-state index in [4.69, 9.17) is 16.3 Å². The third kappa shape index (κ3) is 4.62. The summed E-state index contributed by atoms with van der Waals surface area (Å²) in [4.78, 5) is 23.2. The van der Waals surface area contributed by atoms with E-state index in [0.29, 0.717) is 47.9 Å². The lowest BCUT2D eigenvalue weighted by Crippen LogP contribution is -2.37. The van der Waals surface area contributed by atoms with Crippen LogP contribution in [0, 0.1) is 11.7 Å². The molecule has 1 aliphatic carbocycles. The van der Waals surface area contributed by atoms with Crippen molar-refractivity contribution in [3.8, 4) is 5.75 Å². The van der Waals surface area contributed by atoms with Gasteiger partial charge >= 0.3 is 0 Å². The maximum Gasteiger partial charge on any atom is 0.250 e. The van der Waals surface area contributed by atoms with E-state index in [1.807, 2.05) is 12.1 Å². The molecule has 170 valence electrons. The number of nitrogens with zero attached hydrogens (tertiary/aromatic N) is 3. The van der Waals surface area contributed by atoms with Crippen molar-refractivity contribution in [3.63, 3.8) is 0 Å². The number of hydrogen-bond donors (Lipinski definition) is 2. The minimum atomic E-state index is -0.575. The van der Waals surface area contributed by atoms with E-state index in [1.165, 1.54) is 25.2 Å². The van der Waals surface area contributed by atoms with E-state index in [9.17, 15) is 9.18 Å². The van der Waals surface area contributed by atoms with Crippen LogP contribution in [0.15, 0.2) is 48.8 Å². The zero-order valence-electron chi connectivity index (χ0n) is 17.9. The number of carbonyl (C=O) groups excluding carboxylic acids is 1. The summed E-state index contributed by atoms with van der Waals surface area (Å²) in [5.41, 5.74) is 1.42. The summed E-state index contributed by atoms with van der Waals surface area (Å²) in [6, 6.07) is 8.30. The number of amides is 1. The lowest BCUT2D eigenvalue weighted by atomic mass is 10.1. The molecule has 0 bridgehead atoms. The number of nitrogens with one attached hydrogen (secondary N) is 2. The highest BCUT2D eigenvalue weighted by molar-refractivity contribution is 6.31. The number of halogens is 2. The Hall–Kier alpha value is -3.23. The first kappa shape index (κ1) is 21.6. The van der Waals surface area contributed by atoms with Gasteiger partial charge in [0, 0.05) is 12.6 Å². The van der Waals surface area contributed by atoms with E-state index >= 15 is 0 Å². The van der Waals surface area contributed by atoms with Gasteiger partial charge in [-0.25, -0.2) is 14.4 Å². The Kier molecular flexibility index (Phi) is 6.11. The van der Waals surface area contributed by atoms with Crippen LogP contribution in [0.1, 0.15) is 12.8 Å². The fourth-order valence-corrected chi connectivity index (χ4v) is 4.00. The Labute approximate surface area is 195 Å². The molecule has 0 radical (unpaired) electrons.